The van der Waals surface area contributed by atoms with Gasteiger partial charge in [0.25, 0.3) is 5.91 Å². The maximum absolute atomic E-state index is 12.9. The molecule has 2 aromatic rings. The van der Waals surface area contributed by atoms with Gasteiger partial charge in [0.15, 0.2) is 5.82 Å². The Bertz CT molecular complexity index is 773. The fraction of sp³-hybridized carbons (Fsp3) is 0.450. The van der Waals surface area contributed by atoms with Gasteiger partial charge in [-0.1, -0.05) is 44.2 Å². The van der Waals surface area contributed by atoms with E-state index in [0.29, 0.717) is 17.3 Å². The van der Waals surface area contributed by atoms with E-state index in [0.717, 1.165) is 18.6 Å². The van der Waals surface area contributed by atoms with Crippen LogP contribution in [0.1, 0.15) is 30.6 Å². The molecular weight excluding hydrogens is 314 g/mol. The van der Waals surface area contributed by atoms with Crippen LogP contribution in [0.4, 0.5) is 0 Å². The summed E-state index contributed by atoms with van der Waals surface area (Å²) >= 11 is 0. The second-order valence-corrected chi connectivity index (χ2v) is 7.59. The van der Waals surface area contributed by atoms with Crippen molar-refractivity contribution >= 4 is 5.91 Å². The van der Waals surface area contributed by atoms with Crippen molar-refractivity contribution < 1.29 is 9.53 Å². The van der Waals surface area contributed by atoms with Crippen LogP contribution >= 0.6 is 0 Å². The minimum Gasteiger partial charge on any atom is -0.377 e. The first-order valence-corrected chi connectivity index (χ1v) is 8.76. The van der Waals surface area contributed by atoms with Crippen LogP contribution in [0.25, 0.3) is 11.4 Å². The number of aromatic nitrogens is 2. The van der Waals surface area contributed by atoms with Gasteiger partial charge in [0, 0.05) is 49.0 Å². The minimum atomic E-state index is -0.0250. The molecule has 0 spiro atoms. The Kier molecular flexibility index (Phi) is 3.84. The summed E-state index contributed by atoms with van der Waals surface area (Å²) in [5.74, 6) is 1.05. The van der Waals surface area contributed by atoms with Gasteiger partial charge in [0.05, 0.1) is 11.7 Å². The van der Waals surface area contributed by atoms with Gasteiger partial charge in [-0.2, -0.15) is 0 Å². The molecule has 1 aliphatic heterocycles. The number of fused-ring (bicyclic) bond motifs is 1. The molecule has 2 heterocycles. The molecule has 4 rings (SSSR count). The quantitative estimate of drug-likeness (QED) is 0.864. The molecule has 2 aliphatic rings. The Labute approximate surface area is 148 Å². The lowest BCUT2D eigenvalue weighted by Crippen LogP contribution is -2.66. The molecule has 1 saturated heterocycles. The molecule has 2 fully saturated rings. The van der Waals surface area contributed by atoms with Gasteiger partial charge in [0.2, 0.25) is 0 Å². The van der Waals surface area contributed by atoms with Crippen molar-refractivity contribution in [1.82, 2.24) is 14.9 Å². The molecule has 1 aromatic heterocycles. The number of carbonyl (C=O) groups excluding carboxylic acids is 1. The van der Waals surface area contributed by atoms with E-state index in [1.54, 1.807) is 12.4 Å². The van der Waals surface area contributed by atoms with Crippen molar-refractivity contribution in [2.45, 2.75) is 32.4 Å². The molecule has 0 N–H and O–H groups in total. The maximum atomic E-state index is 12.9. The first-order valence-electron chi connectivity index (χ1n) is 8.76. The molecule has 3 atom stereocenters. The fourth-order valence-electron chi connectivity index (χ4n) is 4.59. The van der Waals surface area contributed by atoms with Crippen LogP contribution in [0.2, 0.25) is 0 Å². The van der Waals surface area contributed by atoms with Crippen LogP contribution in [0, 0.1) is 11.3 Å². The van der Waals surface area contributed by atoms with E-state index in [-0.39, 0.29) is 23.5 Å². The Morgan fingerprint density at radius 1 is 1.20 bits per heavy atom. The van der Waals surface area contributed by atoms with Crippen molar-refractivity contribution in [1.29, 1.82) is 0 Å². The molecule has 1 aliphatic carbocycles. The van der Waals surface area contributed by atoms with Crippen LogP contribution in [0.5, 0.6) is 0 Å². The highest BCUT2D eigenvalue weighted by Gasteiger charge is 2.61. The van der Waals surface area contributed by atoms with Gasteiger partial charge in [-0.05, 0) is 6.42 Å². The van der Waals surface area contributed by atoms with E-state index in [9.17, 15) is 4.79 Å². The highest BCUT2D eigenvalue weighted by Crippen LogP contribution is 2.54. The van der Waals surface area contributed by atoms with Crippen LogP contribution in [0.15, 0.2) is 42.7 Å². The number of nitrogens with zero attached hydrogens (tertiary/aromatic N) is 3. The predicted molar refractivity (Wildman–Crippen MR) is 95.0 cm³/mol. The Balaban J connectivity index is 1.53. The highest BCUT2D eigenvalue weighted by molar-refractivity contribution is 5.94. The number of benzene rings is 1. The van der Waals surface area contributed by atoms with E-state index < -0.39 is 0 Å². The van der Waals surface area contributed by atoms with Gasteiger partial charge in [-0.3, -0.25) is 4.79 Å². The first-order chi connectivity index (χ1) is 12.0. The first kappa shape index (κ1) is 16.2. The molecule has 0 unspecified atom stereocenters. The number of hydrogen-bond donors (Lipinski definition) is 0. The number of hydrogen-bond acceptors (Lipinski definition) is 4. The van der Waals surface area contributed by atoms with Crippen molar-refractivity contribution in [2.75, 3.05) is 13.7 Å². The monoisotopic (exact) mass is 337 g/mol. The van der Waals surface area contributed by atoms with E-state index in [1.165, 1.54) is 0 Å². The Morgan fingerprint density at radius 2 is 1.88 bits per heavy atom. The van der Waals surface area contributed by atoms with Crippen LogP contribution in [0.3, 0.4) is 0 Å². The third-order valence-corrected chi connectivity index (χ3v) is 5.71. The standard InChI is InChI=1S/C20H23N3O2/c1-20(2)16(15-9-10-25-17(15)20)23(3)19(24)14-11-21-18(22-12-14)13-7-5-4-6-8-13/h4-8,11-12,15-17H,9-10H2,1-3H3/t15-,16+,17+/m0/s1. The number of amides is 1. The molecule has 130 valence electrons. The van der Waals surface area contributed by atoms with Gasteiger partial charge < -0.3 is 9.64 Å². The fourth-order valence-corrected chi connectivity index (χ4v) is 4.59. The van der Waals surface area contributed by atoms with Gasteiger partial charge in [-0.25, -0.2) is 9.97 Å². The summed E-state index contributed by atoms with van der Waals surface area (Å²) in [5, 5.41) is 0. The number of rotatable bonds is 3. The average Bonchev–Trinajstić information content (AvgIpc) is 3.08. The number of carbonyl (C=O) groups is 1. The van der Waals surface area contributed by atoms with Gasteiger partial charge in [-0.15, -0.1) is 0 Å². The molecule has 1 amide bonds. The zero-order valence-electron chi connectivity index (χ0n) is 14.8. The lowest BCUT2D eigenvalue weighted by atomic mass is 9.56. The minimum absolute atomic E-state index is 0.0174. The topological polar surface area (TPSA) is 55.3 Å². The molecule has 5 nitrogen and oxygen atoms in total. The zero-order valence-corrected chi connectivity index (χ0v) is 14.8. The number of ether oxygens (including phenoxy) is 1. The molecule has 1 aromatic carbocycles. The zero-order chi connectivity index (χ0) is 17.6. The highest BCUT2D eigenvalue weighted by atomic mass is 16.5. The predicted octanol–water partition coefficient (Wildman–Crippen LogP) is 3.03. The average molecular weight is 337 g/mol. The van der Waals surface area contributed by atoms with Gasteiger partial charge >= 0.3 is 0 Å². The van der Waals surface area contributed by atoms with Crippen LogP contribution < -0.4 is 0 Å². The normalized spacial score (nSPS) is 26.6. The van der Waals surface area contributed by atoms with E-state index >= 15 is 0 Å². The largest absolute Gasteiger partial charge is 0.377 e. The summed E-state index contributed by atoms with van der Waals surface area (Å²) in [5.41, 5.74) is 1.46. The molecule has 1 saturated carbocycles. The smallest absolute Gasteiger partial charge is 0.257 e. The summed E-state index contributed by atoms with van der Waals surface area (Å²) in [6.45, 7) is 5.16. The van der Waals surface area contributed by atoms with Gasteiger partial charge in [0.1, 0.15) is 0 Å². The molecule has 0 bridgehead atoms. The summed E-state index contributed by atoms with van der Waals surface area (Å²) in [7, 11) is 1.88. The summed E-state index contributed by atoms with van der Waals surface area (Å²) in [6.07, 6.45) is 4.55. The van der Waals surface area contributed by atoms with Crippen LogP contribution in [-0.4, -0.2) is 46.6 Å². The van der Waals surface area contributed by atoms with Crippen molar-refractivity contribution in [3.8, 4) is 11.4 Å². The third-order valence-electron chi connectivity index (χ3n) is 5.71. The summed E-state index contributed by atoms with van der Waals surface area (Å²) in [4.78, 5) is 23.5. The Morgan fingerprint density at radius 3 is 2.56 bits per heavy atom. The molecule has 0 radical (unpaired) electrons. The molecule has 25 heavy (non-hydrogen) atoms. The summed E-state index contributed by atoms with van der Waals surface area (Å²) < 4.78 is 5.84. The maximum Gasteiger partial charge on any atom is 0.257 e. The SMILES string of the molecule is CN(C(=O)c1cnc(-c2ccccc2)nc1)[C@@H]1[C@@H]2CCO[C@H]2C1(C)C. The second kappa shape index (κ2) is 5.92. The Hall–Kier alpha value is -2.27. The molecule has 5 heteroatoms. The van der Waals surface area contributed by atoms with Crippen molar-refractivity contribution in [3.63, 3.8) is 0 Å². The summed E-state index contributed by atoms with van der Waals surface area (Å²) in [6, 6.07) is 9.96. The van der Waals surface area contributed by atoms with E-state index in [2.05, 4.69) is 23.8 Å². The lowest BCUT2D eigenvalue weighted by molar-refractivity contribution is -0.139. The van der Waals surface area contributed by atoms with E-state index in [4.69, 9.17) is 4.74 Å². The second-order valence-electron chi connectivity index (χ2n) is 7.59. The van der Waals surface area contributed by atoms with Crippen LogP contribution in [-0.2, 0) is 4.74 Å². The molecular formula is C20H23N3O2. The van der Waals surface area contributed by atoms with Crippen molar-refractivity contribution in [3.05, 3.63) is 48.3 Å². The third kappa shape index (κ3) is 2.54. The lowest BCUT2D eigenvalue weighted by Gasteiger charge is -2.57. The van der Waals surface area contributed by atoms with Crippen molar-refractivity contribution in [2.24, 2.45) is 11.3 Å². The van der Waals surface area contributed by atoms with E-state index in [1.807, 2.05) is 42.3 Å².